The lowest BCUT2D eigenvalue weighted by molar-refractivity contribution is -0.136. The van der Waals surface area contributed by atoms with Gasteiger partial charge in [0.1, 0.15) is 12.4 Å². The summed E-state index contributed by atoms with van der Waals surface area (Å²) in [6, 6.07) is 29.3. The van der Waals surface area contributed by atoms with Gasteiger partial charge in [-0.2, -0.15) is 13.2 Å². The molecule has 2 nitrogen and oxygen atoms in total. The van der Waals surface area contributed by atoms with E-state index >= 15 is 0 Å². The quantitative estimate of drug-likeness (QED) is 0.258. The van der Waals surface area contributed by atoms with E-state index < -0.39 is 11.7 Å². The Kier molecular flexibility index (Phi) is 6.00. The Morgan fingerprint density at radius 2 is 1.51 bits per heavy atom. The Balaban J connectivity index is 1.69. The van der Waals surface area contributed by atoms with E-state index in [0.717, 1.165) is 33.9 Å². The zero-order valence-corrected chi connectivity index (χ0v) is 19.0. The lowest BCUT2D eigenvalue weighted by Crippen LogP contribution is -2.07. The van der Waals surface area contributed by atoms with E-state index in [1.165, 1.54) is 6.07 Å². The lowest BCUT2D eigenvalue weighted by atomic mass is 9.90. The predicted octanol–water partition coefficient (Wildman–Crippen LogP) is 8.48. The molecule has 0 saturated heterocycles. The first-order valence-corrected chi connectivity index (χ1v) is 11.2. The summed E-state index contributed by atoms with van der Waals surface area (Å²) in [6.45, 7) is 2.37. The van der Waals surface area contributed by atoms with Crippen LogP contribution in [-0.2, 0) is 12.8 Å². The molecule has 0 aliphatic heterocycles. The Labute approximate surface area is 201 Å². The molecule has 0 saturated carbocycles. The van der Waals surface area contributed by atoms with Crippen LogP contribution in [-0.4, -0.2) is 4.98 Å². The van der Waals surface area contributed by atoms with Gasteiger partial charge >= 0.3 is 6.18 Å². The molecule has 5 rings (SSSR count). The predicted molar refractivity (Wildman–Crippen MR) is 133 cm³/mol. The van der Waals surface area contributed by atoms with Crippen LogP contribution in [0.5, 0.6) is 5.75 Å². The zero-order valence-electron chi connectivity index (χ0n) is 19.0. The van der Waals surface area contributed by atoms with Crippen molar-refractivity contribution in [2.75, 3.05) is 0 Å². The van der Waals surface area contributed by atoms with Crippen molar-refractivity contribution in [1.29, 1.82) is 0 Å². The molecule has 0 unspecified atom stereocenters. The highest BCUT2D eigenvalue weighted by Gasteiger charge is 2.33. The third kappa shape index (κ3) is 4.62. The van der Waals surface area contributed by atoms with Crippen LogP contribution in [0.4, 0.5) is 13.2 Å². The summed E-state index contributed by atoms with van der Waals surface area (Å²) >= 11 is 0. The second-order valence-electron chi connectivity index (χ2n) is 8.36. The van der Waals surface area contributed by atoms with E-state index in [9.17, 15) is 13.2 Å². The number of nitrogens with zero attached hydrogens (tertiary/aromatic N) is 1. The minimum Gasteiger partial charge on any atom is -0.489 e. The number of fused-ring (bicyclic) bond motifs is 1. The summed E-state index contributed by atoms with van der Waals surface area (Å²) in [4.78, 5) is 4.30. The Morgan fingerprint density at radius 1 is 0.771 bits per heavy atom. The van der Waals surface area contributed by atoms with Gasteiger partial charge in [-0.25, -0.2) is 0 Å². The minimum absolute atomic E-state index is 0.0667. The number of aryl methyl sites for hydroxylation is 1. The van der Waals surface area contributed by atoms with Crippen LogP contribution in [0.15, 0.2) is 103 Å². The van der Waals surface area contributed by atoms with Crippen LogP contribution in [0.1, 0.15) is 16.7 Å². The highest BCUT2D eigenvalue weighted by Crippen LogP contribution is 2.42. The first-order valence-electron chi connectivity index (χ1n) is 11.2. The summed E-state index contributed by atoms with van der Waals surface area (Å²) in [6.07, 6.45) is -2.96. The molecule has 1 aromatic heterocycles. The van der Waals surface area contributed by atoms with Crippen LogP contribution < -0.4 is 4.74 Å². The third-order valence-corrected chi connectivity index (χ3v) is 6.01. The molecule has 5 heteroatoms. The van der Waals surface area contributed by atoms with E-state index in [2.05, 4.69) is 4.98 Å². The lowest BCUT2D eigenvalue weighted by Gasteiger charge is -2.18. The molecule has 0 atom stereocenters. The molecular weight excluding hydrogens is 447 g/mol. The van der Waals surface area contributed by atoms with Crippen molar-refractivity contribution in [3.63, 3.8) is 0 Å². The standard InChI is InChI=1S/C30H22F3NO/c1-20-9-5-6-14-24(20)26-18-34-29-25(15-8-16-27(29)30(31,32)33)28(26)22-12-7-13-23(17-22)35-19-21-10-3-2-4-11-21/h2-18H,19H2,1H3. The van der Waals surface area contributed by atoms with E-state index in [4.69, 9.17) is 4.74 Å². The monoisotopic (exact) mass is 469 g/mol. The second kappa shape index (κ2) is 9.26. The van der Waals surface area contributed by atoms with Gasteiger partial charge in [0, 0.05) is 22.7 Å². The van der Waals surface area contributed by atoms with Gasteiger partial charge in [0.05, 0.1) is 11.1 Å². The normalized spacial score (nSPS) is 11.5. The van der Waals surface area contributed by atoms with E-state index in [-0.39, 0.29) is 5.52 Å². The fourth-order valence-electron chi connectivity index (χ4n) is 4.32. The zero-order chi connectivity index (χ0) is 24.4. The largest absolute Gasteiger partial charge is 0.489 e. The van der Waals surface area contributed by atoms with Gasteiger partial charge in [-0.3, -0.25) is 4.98 Å². The number of ether oxygens (including phenoxy) is 1. The van der Waals surface area contributed by atoms with E-state index in [1.807, 2.05) is 85.8 Å². The first-order chi connectivity index (χ1) is 16.9. The van der Waals surface area contributed by atoms with Crippen molar-refractivity contribution in [3.8, 4) is 28.0 Å². The van der Waals surface area contributed by atoms with Crippen LogP contribution in [0.3, 0.4) is 0 Å². The fraction of sp³-hybridized carbons (Fsp3) is 0.100. The highest BCUT2D eigenvalue weighted by molar-refractivity contribution is 6.03. The smallest absolute Gasteiger partial charge is 0.418 e. The Hall–Kier alpha value is -4.12. The molecular formula is C30H22F3NO. The van der Waals surface area contributed by atoms with Gasteiger partial charge in [-0.15, -0.1) is 0 Å². The number of alkyl halides is 3. The molecule has 5 aromatic rings. The maximum Gasteiger partial charge on any atom is 0.418 e. The fourth-order valence-corrected chi connectivity index (χ4v) is 4.32. The maximum absolute atomic E-state index is 13.8. The Morgan fingerprint density at radius 3 is 2.29 bits per heavy atom. The second-order valence-corrected chi connectivity index (χ2v) is 8.36. The van der Waals surface area contributed by atoms with Crippen molar-refractivity contribution in [2.24, 2.45) is 0 Å². The molecule has 0 aliphatic carbocycles. The SMILES string of the molecule is Cc1ccccc1-c1cnc2c(C(F)(F)F)cccc2c1-c1cccc(OCc2ccccc2)c1. The third-order valence-electron chi connectivity index (χ3n) is 6.01. The summed E-state index contributed by atoms with van der Waals surface area (Å²) in [7, 11) is 0. The number of benzene rings is 4. The van der Waals surface area contributed by atoms with Crippen molar-refractivity contribution < 1.29 is 17.9 Å². The van der Waals surface area contributed by atoms with Crippen molar-refractivity contribution in [3.05, 3.63) is 120 Å². The summed E-state index contributed by atoms with van der Waals surface area (Å²) < 4.78 is 47.4. The summed E-state index contributed by atoms with van der Waals surface area (Å²) in [5, 5.41) is 0.445. The molecule has 0 radical (unpaired) electrons. The molecule has 0 spiro atoms. The molecule has 0 bridgehead atoms. The molecule has 4 aromatic carbocycles. The van der Waals surface area contributed by atoms with Gasteiger partial charge in [0.15, 0.2) is 0 Å². The van der Waals surface area contributed by atoms with Gasteiger partial charge in [0.25, 0.3) is 0 Å². The van der Waals surface area contributed by atoms with Crippen LogP contribution in [0.2, 0.25) is 0 Å². The highest BCUT2D eigenvalue weighted by atomic mass is 19.4. The van der Waals surface area contributed by atoms with Crippen molar-refractivity contribution in [1.82, 2.24) is 4.98 Å². The molecule has 0 aliphatic rings. The van der Waals surface area contributed by atoms with Crippen molar-refractivity contribution >= 4 is 10.9 Å². The maximum atomic E-state index is 13.8. The average Bonchev–Trinajstić information content (AvgIpc) is 2.87. The van der Waals surface area contributed by atoms with Gasteiger partial charge in [-0.1, -0.05) is 78.9 Å². The summed E-state index contributed by atoms with van der Waals surface area (Å²) in [5.41, 5.74) is 4.38. The van der Waals surface area contributed by atoms with Gasteiger partial charge in [-0.05, 0) is 47.4 Å². The number of para-hydroxylation sites is 1. The van der Waals surface area contributed by atoms with E-state index in [1.54, 1.807) is 12.3 Å². The molecule has 0 N–H and O–H groups in total. The van der Waals surface area contributed by atoms with Crippen LogP contribution in [0, 0.1) is 6.92 Å². The molecule has 0 fully saturated rings. The number of halogens is 3. The molecule has 174 valence electrons. The number of hydrogen-bond acceptors (Lipinski definition) is 2. The van der Waals surface area contributed by atoms with Crippen LogP contribution in [0.25, 0.3) is 33.2 Å². The van der Waals surface area contributed by atoms with E-state index in [0.29, 0.717) is 23.3 Å². The molecule has 35 heavy (non-hydrogen) atoms. The molecule has 0 amide bonds. The number of aromatic nitrogens is 1. The molecule has 1 heterocycles. The van der Waals surface area contributed by atoms with Crippen molar-refractivity contribution in [2.45, 2.75) is 19.7 Å². The van der Waals surface area contributed by atoms with Gasteiger partial charge < -0.3 is 4.74 Å². The number of hydrogen-bond donors (Lipinski definition) is 0. The first kappa shape index (κ1) is 22.7. The topological polar surface area (TPSA) is 22.1 Å². The Bertz CT molecular complexity index is 1490. The number of pyridine rings is 1. The average molecular weight is 470 g/mol. The minimum atomic E-state index is -4.51. The number of rotatable bonds is 5. The summed E-state index contributed by atoms with van der Waals surface area (Å²) in [5.74, 6) is 0.638. The van der Waals surface area contributed by atoms with Crippen LogP contribution >= 0.6 is 0 Å². The van der Waals surface area contributed by atoms with Gasteiger partial charge in [0.2, 0.25) is 0 Å².